The quantitative estimate of drug-likeness (QED) is 0.589. The Labute approximate surface area is 172 Å². The van der Waals surface area contributed by atoms with Gasteiger partial charge in [0.05, 0.1) is 19.7 Å². The van der Waals surface area contributed by atoms with E-state index in [1.165, 1.54) is 7.11 Å². The molecule has 2 aromatic carbocycles. The average Bonchev–Trinajstić information content (AvgIpc) is 2.73. The summed E-state index contributed by atoms with van der Waals surface area (Å²) in [4.78, 5) is 27.2. The van der Waals surface area contributed by atoms with Crippen LogP contribution in [-0.2, 0) is 11.2 Å². The number of hydrogen-bond donors (Lipinski definition) is 2. The zero-order chi connectivity index (χ0) is 20.8. The summed E-state index contributed by atoms with van der Waals surface area (Å²) in [6.45, 7) is 0.171. The lowest BCUT2D eigenvalue weighted by molar-refractivity contribution is -0.123. The van der Waals surface area contributed by atoms with Crippen molar-refractivity contribution in [3.63, 3.8) is 0 Å². The molecule has 0 aliphatic heterocycles. The van der Waals surface area contributed by atoms with Crippen molar-refractivity contribution in [3.8, 4) is 17.2 Å². The molecule has 0 aliphatic carbocycles. The lowest BCUT2D eigenvalue weighted by Crippen LogP contribution is -2.31. The fraction of sp³-hybridized carbons (Fsp3) is 0.238. The molecule has 0 saturated heterocycles. The van der Waals surface area contributed by atoms with Crippen LogP contribution in [0.4, 0.5) is 0 Å². The Morgan fingerprint density at radius 1 is 1.07 bits per heavy atom. The Kier molecular flexibility index (Phi) is 6.61. The second kappa shape index (κ2) is 9.34. The van der Waals surface area contributed by atoms with E-state index in [9.17, 15) is 9.59 Å². The summed E-state index contributed by atoms with van der Waals surface area (Å²) in [6, 6.07) is 12.0. The normalized spacial score (nSPS) is 10.6. The number of rotatable bonds is 8. The van der Waals surface area contributed by atoms with Crippen LogP contribution in [0.5, 0.6) is 17.2 Å². The van der Waals surface area contributed by atoms with Gasteiger partial charge in [-0.05, 0) is 48.9 Å². The van der Waals surface area contributed by atoms with E-state index >= 15 is 0 Å². The van der Waals surface area contributed by atoms with Crippen molar-refractivity contribution in [3.05, 3.63) is 63.4 Å². The van der Waals surface area contributed by atoms with Gasteiger partial charge in [0.2, 0.25) is 0 Å². The van der Waals surface area contributed by atoms with Crippen molar-refractivity contribution < 1.29 is 19.0 Å². The van der Waals surface area contributed by atoms with Crippen LogP contribution in [0.3, 0.4) is 0 Å². The molecule has 152 valence electrons. The first-order chi connectivity index (χ1) is 14.0. The smallest absolute Gasteiger partial charge is 0.257 e. The van der Waals surface area contributed by atoms with E-state index in [0.717, 1.165) is 5.39 Å². The Morgan fingerprint density at radius 2 is 1.76 bits per heavy atom. The highest BCUT2D eigenvalue weighted by atomic mass is 35.5. The maximum Gasteiger partial charge on any atom is 0.257 e. The first kappa shape index (κ1) is 20.5. The van der Waals surface area contributed by atoms with Gasteiger partial charge in [0.1, 0.15) is 17.2 Å². The number of aromatic amines is 1. The highest BCUT2D eigenvalue weighted by Crippen LogP contribution is 2.31. The highest BCUT2D eigenvalue weighted by Gasteiger charge is 2.12. The maximum absolute atomic E-state index is 12.4. The fourth-order valence-corrected chi connectivity index (χ4v) is 3.01. The molecule has 0 spiro atoms. The second-order valence-electron chi connectivity index (χ2n) is 6.23. The van der Waals surface area contributed by atoms with Gasteiger partial charge >= 0.3 is 0 Å². The number of carbonyl (C=O) groups is 1. The van der Waals surface area contributed by atoms with Gasteiger partial charge in [-0.1, -0.05) is 11.6 Å². The van der Waals surface area contributed by atoms with Gasteiger partial charge in [0, 0.05) is 22.5 Å². The van der Waals surface area contributed by atoms with Gasteiger partial charge in [0.15, 0.2) is 6.61 Å². The van der Waals surface area contributed by atoms with Crippen LogP contribution in [0, 0.1) is 0 Å². The number of pyridine rings is 1. The number of halogens is 1. The molecule has 0 unspecified atom stereocenters. The predicted octanol–water partition coefficient (Wildman–Crippen LogP) is 2.94. The fourth-order valence-electron chi connectivity index (χ4n) is 2.89. The summed E-state index contributed by atoms with van der Waals surface area (Å²) < 4.78 is 16.1. The summed E-state index contributed by atoms with van der Waals surface area (Å²) in [5.74, 6) is 1.45. The van der Waals surface area contributed by atoms with Crippen molar-refractivity contribution in [2.75, 3.05) is 27.4 Å². The molecule has 1 amide bonds. The molecule has 29 heavy (non-hydrogen) atoms. The topological polar surface area (TPSA) is 89.7 Å². The van der Waals surface area contributed by atoms with Crippen LogP contribution in [-0.4, -0.2) is 38.3 Å². The third-order valence-corrected chi connectivity index (χ3v) is 4.61. The third kappa shape index (κ3) is 5.00. The van der Waals surface area contributed by atoms with Gasteiger partial charge in [0.25, 0.3) is 11.5 Å². The molecular formula is C21H21ClN2O5. The Hall–Kier alpha value is -3.19. The van der Waals surface area contributed by atoms with Crippen molar-refractivity contribution >= 4 is 28.4 Å². The maximum atomic E-state index is 12.4. The number of H-pyrrole nitrogens is 1. The molecule has 1 aromatic heterocycles. The molecule has 0 saturated carbocycles. The van der Waals surface area contributed by atoms with Crippen LogP contribution in [0.15, 0.2) is 47.3 Å². The summed E-state index contributed by atoms with van der Waals surface area (Å²) in [7, 11) is 3.10. The Bertz CT molecular complexity index is 1060. The number of benzene rings is 2. The van der Waals surface area contributed by atoms with Gasteiger partial charge in [-0.2, -0.15) is 0 Å². The van der Waals surface area contributed by atoms with E-state index in [-0.39, 0.29) is 18.1 Å². The molecule has 2 N–H and O–H groups in total. The minimum atomic E-state index is -0.281. The number of amides is 1. The molecule has 3 rings (SSSR count). The summed E-state index contributed by atoms with van der Waals surface area (Å²) in [5.41, 5.74) is 0.861. The molecule has 0 bridgehead atoms. The number of ether oxygens (including phenoxy) is 3. The Morgan fingerprint density at radius 3 is 2.45 bits per heavy atom. The average molecular weight is 417 g/mol. The molecule has 1 heterocycles. The van der Waals surface area contributed by atoms with Crippen LogP contribution in [0.2, 0.25) is 5.02 Å². The number of methoxy groups -OCH3 is 2. The van der Waals surface area contributed by atoms with E-state index in [1.54, 1.807) is 49.6 Å². The zero-order valence-electron chi connectivity index (χ0n) is 16.1. The second-order valence-corrected chi connectivity index (χ2v) is 6.66. The van der Waals surface area contributed by atoms with Gasteiger partial charge in [-0.25, -0.2) is 0 Å². The van der Waals surface area contributed by atoms with E-state index in [2.05, 4.69) is 10.3 Å². The third-order valence-electron chi connectivity index (χ3n) is 4.36. The first-order valence-electron chi connectivity index (χ1n) is 8.93. The molecule has 0 aliphatic rings. The van der Waals surface area contributed by atoms with Crippen LogP contribution in [0.25, 0.3) is 10.9 Å². The number of nitrogens with one attached hydrogen (secondary N) is 2. The molecular weight excluding hydrogens is 396 g/mol. The minimum absolute atomic E-state index is 0.124. The lowest BCUT2D eigenvalue weighted by Gasteiger charge is -2.11. The molecule has 0 fully saturated rings. The van der Waals surface area contributed by atoms with Gasteiger partial charge in [-0.3, -0.25) is 9.59 Å². The van der Waals surface area contributed by atoms with Gasteiger partial charge < -0.3 is 24.5 Å². The summed E-state index contributed by atoms with van der Waals surface area (Å²) in [5, 5.41) is 4.07. The largest absolute Gasteiger partial charge is 0.496 e. The van der Waals surface area contributed by atoms with Gasteiger partial charge in [-0.15, -0.1) is 0 Å². The van der Waals surface area contributed by atoms with E-state index in [4.69, 9.17) is 25.8 Å². The number of fused-ring (bicyclic) bond motifs is 1. The molecule has 0 atom stereocenters. The SMILES string of the molecule is COc1ccc(OC)c2[nH]c(=O)c(CCNC(=O)COc3ccc(Cl)cc3)cc12. The minimum Gasteiger partial charge on any atom is -0.496 e. The Balaban J connectivity index is 1.62. The van der Waals surface area contributed by atoms with Crippen LogP contribution >= 0.6 is 11.6 Å². The molecule has 7 nitrogen and oxygen atoms in total. The summed E-state index contributed by atoms with van der Waals surface area (Å²) in [6.07, 6.45) is 0.359. The van der Waals surface area contributed by atoms with E-state index in [0.29, 0.717) is 46.3 Å². The predicted molar refractivity (Wildman–Crippen MR) is 111 cm³/mol. The van der Waals surface area contributed by atoms with Crippen molar-refractivity contribution in [1.29, 1.82) is 0 Å². The molecule has 3 aromatic rings. The summed E-state index contributed by atoms with van der Waals surface area (Å²) >= 11 is 5.81. The standard InChI is InChI=1S/C21H21ClN2O5/c1-27-17-7-8-18(28-2)20-16(17)11-13(21(26)24-20)9-10-23-19(25)12-29-15-5-3-14(22)4-6-15/h3-8,11H,9-10,12H2,1-2H3,(H,23,25)(H,24,26). The van der Waals surface area contributed by atoms with Crippen LogP contribution in [0.1, 0.15) is 5.56 Å². The zero-order valence-corrected chi connectivity index (χ0v) is 16.8. The molecule has 0 radical (unpaired) electrons. The number of carbonyl (C=O) groups excluding carboxylic acids is 1. The van der Waals surface area contributed by atoms with Crippen molar-refractivity contribution in [2.45, 2.75) is 6.42 Å². The first-order valence-corrected chi connectivity index (χ1v) is 9.31. The highest BCUT2D eigenvalue weighted by molar-refractivity contribution is 6.30. The van der Waals surface area contributed by atoms with E-state index < -0.39 is 0 Å². The van der Waals surface area contributed by atoms with Crippen molar-refractivity contribution in [1.82, 2.24) is 10.3 Å². The molecule has 8 heteroatoms. The monoisotopic (exact) mass is 416 g/mol. The van der Waals surface area contributed by atoms with Crippen molar-refractivity contribution in [2.24, 2.45) is 0 Å². The number of aromatic nitrogens is 1. The number of hydrogen-bond acceptors (Lipinski definition) is 5. The lowest BCUT2D eigenvalue weighted by atomic mass is 10.1. The van der Waals surface area contributed by atoms with E-state index in [1.807, 2.05) is 0 Å². The van der Waals surface area contributed by atoms with Crippen LogP contribution < -0.4 is 25.1 Å².